The molecule has 0 heterocycles. The second kappa shape index (κ2) is 5.50. The fourth-order valence-corrected chi connectivity index (χ4v) is 3.51. The molecule has 0 aliphatic heterocycles. The van der Waals surface area contributed by atoms with Gasteiger partial charge in [0.15, 0.2) is 0 Å². The number of hydrogen-bond acceptors (Lipinski definition) is 2. The summed E-state index contributed by atoms with van der Waals surface area (Å²) in [5.74, 6) is 0. The van der Waals surface area contributed by atoms with Crippen molar-refractivity contribution in [2.45, 2.75) is 59.4 Å². The molecule has 2 heteroatoms. The van der Waals surface area contributed by atoms with Gasteiger partial charge in [0.2, 0.25) is 0 Å². The Hall–Kier alpha value is -0.0800. The summed E-state index contributed by atoms with van der Waals surface area (Å²) < 4.78 is 5.07. The number of rotatable bonds is 5. The summed E-state index contributed by atoms with van der Waals surface area (Å²) in [6, 6.07) is 0.690. The fourth-order valence-electron chi connectivity index (χ4n) is 3.51. The minimum absolute atomic E-state index is 0.487. The molecule has 1 aliphatic carbocycles. The number of ether oxygens (including phenoxy) is 1. The Morgan fingerprint density at radius 3 is 2.19 bits per heavy atom. The van der Waals surface area contributed by atoms with Gasteiger partial charge in [-0.25, -0.2) is 0 Å². The van der Waals surface area contributed by atoms with E-state index >= 15 is 0 Å². The highest BCUT2D eigenvalue weighted by atomic mass is 16.5. The first kappa shape index (κ1) is 14.0. The average molecular weight is 227 g/mol. The van der Waals surface area contributed by atoms with Gasteiger partial charge in [-0.3, -0.25) is 0 Å². The highest BCUT2D eigenvalue weighted by molar-refractivity contribution is 4.92. The van der Waals surface area contributed by atoms with Crippen molar-refractivity contribution in [3.8, 4) is 0 Å². The van der Waals surface area contributed by atoms with Gasteiger partial charge in [-0.15, -0.1) is 0 Å². The van der Waals surface area contributed by atoms with Crippen molar-refractivity contribution < 1.29 is 4.74 Å². The summed E-state index contributed by atoms with van der Waals surface area (Å²) in [5, 5.41) is 3.69. The van der Waals surface area contributed by atoms with E-state index < -0.39 is 0 Å². The summed E-state index contributed by atoms with van der Waals surface area (Å²) in [5.41, 5.74) is 0.974. The van der Waals surface area contributed by atoms with E-state index in [0.717, 1.165) is 19.6 Å². The second-order valence-corrected chi connectivity index (χ2v) is 6.91. The lowest BCUT2D eigenvalue weighted by Gasteiger charge is -2.45. The van der Waals surface area contributed by atoms with Gasteiger partial charge in [0.05, 0.1) is 0 Å². The van der Waals surface area contributed by atoms with E-state index in [-0.39, 0.29) is 0 Å². The van der Waals surface area contributed by atoms with Crippen LogP contribution >= 0.6 is 0 Å². The van der Waals surface area contributed by atoms with Crippen LogP contribution in [0.15, 0.2) is 0 Å². The zero-order chi connectivity index (χ0) is 12.2. The van der Waals surface area contributed by atoms with E-state index in [0.29, 0.717) is 16.9 Å². The fraction of sp³-hybridized carbons (Fsp3) is 1.00. The van der Waals surface area contributed by atoms with Crippen LogP contribution in [0.3, 0.4) is 0 Å². The van der Waals surface area contributed by atoms with Gasteiger partial charge in [-0.05, 0) is 43.1 Å². The van der Waals surface area contributed by atoms with E-state index in [1.54, 1.807) is 7.11 Å². The predicted molar refractivity (Wildman–Crippen MR) is 69.7 cm³/mol. The third-order valence-electron chi connectivity index (χ3n) is 3.51. The SMILES string of the molecule is COCCCNC1CC(C)(C)CC(C)(C)C1. The Balaban J connectivity index is 2.36. The van der Waals surface area contributed by atoms with Gasteiger partial charge in [0.1, 0.15) is 0 Å². The molecule has 2 nitrogen and oxygen atoms in total. The molecular formula is C14H29NO. The monoisotopic (exact) mass is 227 g/mol. The molecule has 1 N–H and O–H groups in total. The molecule has 0 aromatic rings. The first-order valence-corrected chi connectivity index (χ1v) is 6.57. The maximum absolute atomic E-state index is 5.07. The van der Waals surface area contributed by atoms with Crippen molar-refractivity contribution in [3.63, 3.8) is 0 Å². The third-order valence-corrected chi connectivity index (χ3v) is 3.51. The molecular weight excluding hydrogens is 198 g/mol. The number of hydrogen-bond donors (Lipinski definition) is 1. The highest BCUT2D eigenvalue weighted by Gasteiger charge is 2.37. The molecule has 1 saturated carbocycles. The molecule has 0 atom stereocenters. The topological polar surface area (TPSA) is 21.3 Å². The Morgan fingerprint density at radius 2 is 1.69 bits per heavy atom. The molecule has 0 bridgehead atoms. The van der Waals surface area contributed by atoms with Crippen molar-refractivity contribution in [1.29, 1.82) is 0 Å². The van der Waals surface area contributed by atoms with E-state index in [4.69, 9.17) is 4.74 Å². The molecule has 1 fully saturated rings. The Bertz CT molecular complexity index is 195. The lowest BCUT2D eigenvalue weighted by Crippen LogP contribution is -2.44. The Labute approximate surface area is 101 Å². The molecule has 96 valence electrons. The largest absolute Gasteiger partial charge is 0.385 e. The summed E-state index contributed by atoms with van der Waals surface area (Å²) >= 11 is 0. The molecule has 0 amide bonds. The van der Waals surface area contributed by atoms with Crippen LogP contribution in [-0.4, -0.2) is 26.3 Å². The van der Waals surface area contributed by atoms with E-state index in [1.807, 2.05) is 0 Å². The van der Waals surface area contributed by atoms with Crippen molar-refractivity contribution in [2.24, 2.45) is 10.8 Å². The smallest absolute Gasteiger partial charge is 0.0474 e. The maximum atomic E-state index is 5.07. The maximum Gasteiger partial charge on any atom is 0.0474 e. The Morgan fingerprint density at radius 1 is 1.12 bits per heavy atom. The van der Waals surface area contributed by atoms with Crippen LogP contribution in [0, 0.1) is 10.8 Å². The molecule has 1 rings (SSSR count). The van der Waals surface area contributed by atoms with Crippen LogP contribution in [0.5, 0.6) is 0 Å². The van der Waals surface area contributed by atoms with Crippen molar-refractivity contribution in [2.75, 3.05) is 20.3 Å². The van der Waals surface area contributed by atoms with Crippen LogP contribution in [0.25, 0.3) is 0 Å². The first-order chi connectivity index (χ1) is 7.35. The quantitative estimate of drug-likeness (QED) is 0.728. The van der Waals surface area contributed by atoms with E-state index in [1.165, 1.54) is 19.3 Å². The minimum atomic E-state index is 0.487. The van der Waals surface area contributed by atoms with Crippen LogP contribution < -0.4 is 5.32 Å². The van der Waals surface area contributed by atoms with E-state index in [9.17, 15) is 0 Å². The Kier molecular flexibility index (Phi) is 4.81. The number of nitrogens with one attached hydrogen (secondary N) is 1. The molecule has 0 saturated heterocycles. The summed E-state index contributed by atoms with van der Waals surface area (Å²) in [4.78, 5) is 0. The van der Waals surface area contributed by atoms with Crippen molar-refractivity contribution in [3.05, 3.63) is 0 Å². The van der Waals surface area contributed by atoms with Crippen LogP contribution in [0.1, 0.15) is 53.4 Å². The van der Waals surface area contributed by atoms with Gasteiger partial charge >= 0.3 is 0 Å². The van der Waals surface area contributed by atoms with Crippen LogP contribution in [-0.2, 0) is 4.74 Å². The summed E-state index contributed by atoms with van der Waals surface area (Å²) in [7, 11) is 1.77. The van der Waals surface area contributed by atoms with Gasteiger partial charge in [0.25, 0.3) is 0 Å². The van der Waals surface area contributed by atoms with Crippen LogP contribution in [0.2, 0.25) is 0 Å². The molecule has 0 radical (unpaired) electrons. The number of methoxy groups -OCH3 is 1. The molecule has 1 aliphatic rings. The minimum Gasteiger partial charge on any atom is -0.385 e. The zero-order valence-electron chi connectivity index (χ0n) is 11.7. The van der Waals surface area contributed by atoms with Crippen LogP contribution in [0.4, 0.5) is 0 Å². The van der Waals surface area contributed by atoms with Gasteiger partial charge in [0, 0.05) is 19.8 Å². The molecule has 0 aromatic carbocycles. The third kappa shape index (κ3) is 4.84. The molecule has 16 heavy (non-hydrogen) atoms. The molecule has 0 spiro atoms. The van der Waals surface area contributed by atoms with Gasteiger partial charge < -0.3 is 10.1 Å². The molecule has 0 unspecified atom stereocenters. The van der Waals surface area contributed by atoms with Gasteiger partial charge in [-0.1, -0.05) is 27.7 Å². The lowest BCUT2D eigenvalue weighted by molar-refractivity contribution is 0.0839. The van der Waals surface area contributed by atoms with Crippen molar-refractivity contribution in [1.82, 2.24) is 5.32 Å². The van der Waals surface area contributed by atoms with Gasteiger partial charge in [-0.2, -0.15) is 0 Å². The lowest BCUT2D eigenvalue weighted by atomic mass is 9.63. The zero-order valence-corrected chi connectivity index (χ0v) is 11.7. The van der Waals surface area contributed by atoms with Crippen molar-refractivity contribution >= 4 is 0 Å². The highest BCUT2D eigenvalue weighted by Crippen LogP contribution is 2.45. The molecule has 0 aromatic heterocycles. The summed E-state index contributed by atoms with van der Waals surface area (Å²) in [6.07, 6.45) is 5.08. The average Bonchev–Trinajstić information content (AvgIpc) is 2.07. The van der Waals surface area contributed by atoms with E-state index in [2.05, 4.69) is 33.0 Å². The second-order valence-electron chi connectivity index (χ2n) is 6.91. The predicted octanol–water partition coefficient (Wildman–Crippen LogP) is 3.22. The first-order valence-electron chi connectivity index (χ1n) is 6.57. The normalized spacial score (nSPS) is 24.6. The summed E-state index contributed by atoms with van der Waals surface area (Å²) in [6.45, 7) is 11.6. The standard InChI is InChI=1S/C14H29NO/c1-13(2)9-12(10-14(3,4)11-13)15-7-6-8-16-5/h12,15H,6-11H2,1-5H3.